The lowest BCUT2D eigenvalue weighted by Gasteiger charge is -2.34. The van der Waals surface area contributed by atoms with Crippen LogP contribution in [0.5, 0.6) is 0 Å². The molecule has 2 heterocycles. The van der Waals surface area contributed by atoms with Crippen molar-refractivity contribution < 1.29 is 9.59 Å². The number of hydrogen-bond acceptors (Lipinski definition) is 4. The van der Waals surface area contributed by atoms with Gasteiger partial charge in [-0.05, 0) is 30.2 Å². The van der Waals surface area contributed by atoms with Gasteiger partial charge in [0, 0.05) is 30.1 Å². The van der Waals surface area contributed by atoms with Crippen LogP contribution in [0, 0.1) is 5.92 Å². The molecule has 3 N–H and O–H groups in total. The molecule has 0 bridgehead atoms. The number of halogens is 1. The van der Waals surface area contributed by atoms with Gasteiger partial charge in [0.2, 0.25) is 5.91 Å². The van der Waals surface area contributed by atoms with Crippen LogP contribution in [-0.4, -0.2) is 41.9 Å². The second-order valence-electron chi connectivity index (χ2n) is 6.00. The molecule has 1 aliphatic heterocycles. The molecule has 2 rings (SSSR count). The number of nitrogens with one attached hydrogen (secondary N) is 1. The van der Waals surface area contributed by atoms with Crippen molar-refractivity contribution in [3.63, 3.8) is 0 Å². The molecular weight excluding hydrogens is 334 g/mol. The van der Waals surface area contributed by atoms with E-state index in [0.29, 0.717) is 18.7 Å². The molecule has 5 nitrogen and oxygen atoms in total. The maximum absolute atomic E-state index is 12.3. The summed E-state index contributed by atoms with van der Waals surface area (Å²) in [7, 11) is 0. The predicted octanol–water partition coefficient (Wildman–Crippen LogP) is 2.26. The Kier molecular flexibility index (Phi) is 8.02. The molecule has 1 saturated heterocycles. The summed E-state index contributed by atoms with van der Waals surface area (Å²) in [4.78, 5) is 26.2. The summed E-state index contributed by atoms with van der Waals surface area (Å²) in [5.41, 5.74) is 6.73. The van der Waals surface area contributed by atoms with Crippen LogP contribution in [0.25, 0.3) is 0 Å². The van der Waals surface area contributed by atoms with Crippen LogP contribution in [0.3, 0.4) is 0 Å². The highest BCUT2D eigenvalue weighted by molar-refractivity contribution is 7.08. The minimum Gasteiger partial charge on any atom is -0.349 e. The maximum Gasteiger partial charge on any atom is 0.252 e. The molecule has 0 saturated carbocycles. The number of piperidine rings is 1. The molecular formula is C16H26ClN3O2S. The maximum atomic E-state index is 12.3. The SMILES string of the molecule is CCC(C)C(N)C(=O)N1CCC(NC(=O)c2ccsc2)CC1.Cl. The fraction of sp³-hybridized carbons (Fsp3) is 0.625. The van der Waals surface area contributed by atoms with E-state index in [-0.39, 0.29) is 36.2 Å². The Hall–Kier alpha value is -1.11. The molecule has 23 heavy (non-hydrogen) atoms. The normalized spacial score (nSPS) is 18.0. The van der Waals surface area contributed by atoms with Gasteiger partial charge in [0.1, 0.15) is 0 Å². The van der Waals surface area contributed by atoms with Crippen molar-refractivity contribution in [1.29, 1.82) is 0 Å². The quantitative estimate of drug-likeness (QED) is 0.846. The van der Waals surface area contributed by atoms with Crippen molar-refractivity contribution >= 4 is 35.6 Å². The van der Waals surface area contributed by atoms with Crippen molar-refractivity contribution in [2.75, 3.05) is 13.1 Å². The van der Waals surface area contributed by atoms with E-state index in [1.807, 2.05) is 35.6 Å². The predicted molar refractivity (Wildman–Crippen MR) is 96.1 cm³/mol. The fourth-order valence-electron chi connectivity index (χ4n) is 2.61. The summed E-state index contributed by atoms with van der Waals surface area (Å²) in [6.45, 7) is 5.38. The highest BCUT2D eigenvalue weighted by Crippen LogP contribution is 2.15. The van der Waals surface area contributed by atoms with Crippen LogP contribution < -0.4 is 11.1 Å². The zero-order chi connectivity index (χ0) is 16.1. The number of thiophene rings is 1. The number of likely N-dealkylation sites (tertiary alicyclic amines) is 1. The summed E-state index contributed by atoms with van der Waals surface area (Å²) in [6, 6.07) is 1.54. The van der Waals surface area contributed by atoms with Crippen LogP contribution in [-0.2, 0) is 4.79 Å². The molecule has 0 spiro atoms. The Morgan fingerprint density at radius 1 is 1.43 bits per heavy atom. The first-order valence-electron chi connectivity index (χ1n) is 7.90. The van der Waals surface area contributed by atoms with Crippen molar-refractivity contribution in [2.45, 2.75) is 45.2 Å². The van der Waals surface area contributed by atoms with Gasteiger partial charge in [0.05, 0.1) is 6.04 Å². The molecule has 7 heteroatoms. The molecule has 0 radical (unpaired) electrons. The Balaban J connectivity index is 0.00000264. The van der Waals surface area contributed by atoms with E-state index in [9.17, 15) is 9.59 Å². The molecule has 2 unspecified atom stereocenters. The largest absolute Gasteiger partial charge is 0.349 e. The summed E-state index contributed by atoms with van der Waals surface area (Å²) in [5, 5.41) is 6.78. The highest BCUT2D eigenvalue weighted by atomic mass is 35.5. The molecule has 1 fully saturated rings. The number of rotatable bonds is 5. The fourth-order valence-corrected chi connectivity index (χ4v) is 3.25. The Labute approximate surface area is 148 Å². The Bertz CT molecular complexity index is 501. The van der Waals surface area contributed by atoms with Crippen molar-refractivity contribution in [2.24, 2.45) is 11.7 Å². The van der Waals surface area contributed by atoms with Gasteiger partial charge in [0.15, 0.2) is 0 Å². The average Bonchev–Trinajstić information content (AvgIpc) is 3.08. The summed E-state index contributed by atoms with van der Waals surface area (Å²) in [6.07, 6.45) is 2.48. The van der Waals surface area contributed by atoms with Gasteiger partial charge < -0.3 is 16.0 Å². The van der Waals surface area contributed by atoms with Crippen LogP contribution in [0.15, 0.2) is 16.8 Å². The number of nitrogens with two attached hydrogens (primary N) is 1. The van der Waals surface area contributed by atoms with Gasteiger partial charge in [-0.3, -0.25) is 9.59 Å². The summed E-state index contributed by atoms with van der Waals surface area (Å²) in [5.74, 6) is 0.211. The van der Waals surface area contributed by atoms with Crippen LogP contribution >= 0.6 is 23.7 Å². The van der Waals surface area contributed by atoms with E-state index in [2.05, 4.69) is 5.32 Å². The van der Waals surface area contributed by atoms with Gasteiger partial charge in [0.25, 0.3) is 5.91 Å². The minimum atomic E-state index is -0.415. The first kappa shape index (κ1) is 19.9. The average molecular weight is 360 g/mol. The second kappa shape index (κ2) is 9.25. The van der Waals surface area contributed by atoms with Crippen LogP contribution in [0.4, 0.5) is 0 Å². The first-order chi connectivity index (χ1) is 10.5. The molecule has 2 amide bonds. The zero-order valence-corrected chi connectivity index (χ0v) is 15.3. The van der Waals surface area contributed by atoms with Crippen molar-refractivity contribution in [3.05, 3.63) is 22.4 Å². The molecule has 2 atom stereocenters. The molecule has 130 valence electrons. The third-order valence-corrected chi connectivity index (χ3v) is 5.15. The third-order valence-electron chi connectivity index (χ3n) is 4.47. The lowest BCUT2D eigenvalue weighted by molar-refractivity contribution is -0.134. The third kappa shape index (κ3) is 5.19. The molecule has 1 aromatic heterocycles. The second-order valence-corrected chi connectivity index (χ2v) is 6.78. The van der Waals surface area contributed by atoms with E-state index >= 15 is 0 Å². The van der Waals surface area contributed by atoms with Gasteiger partial charge >= 0.3 is 0 Å². The summed E-state index contributed by atoms with van der Waals surface area (Å²) < 4.78 is 0. The summed E-state index contributed by atoms with van der Waals surface area (Å²) >= 11 is 1.51. The van der Waals surface area contributed by atoms with Gasteiger partial charge in [-0.2, -0.15) is 11.3 Å². The number of amides is 2. The van der Waals surface area contributed by atoms with Crippen LogP contribution in [0.1, 0.15) is 43.5 Å². The smallest absolute Gasteiger partial charge is 0.252 e. The van der Waals surface area contributed by atoms with E-state index in [0.717, 1.165) is 19.3 Å². The van der Waals surface area contributed by atoms with E-state index in [1.54, 1.807) is 0 Å². The van der Waals surface area contributed by atoms with Crippen LogP contribution in [0.2, 0.25) is 0 Å². The van der Waals surface area contributed by atoms with Gasteiger partial charge in [-0.1, -0.05) is 20.3 Å². The Morgan fingerprint density at radius 3 is 2.61 bits per heavy atom. The minimum absolute atomic E-state index is 0. The topological polar surface area (TPSA) is 75.4 Å². The number of hydrogen-bond donors (Lipinski definition) is 2. The molecule has 0 aliphatic carbocycles. The van der Waals surface area contributed by atoms with E-state index in [1.165, 1.54) is 11.3 Å². The number of carbonyl (C=O) groups excluding carboxylic acids is 2. The Morgan fingerprint density at radius 2 is 2.09 bits per heavy atom. The van der Waals surface area contributed by atoms with Gasteiger partial charge in [-0.25, -0.2) is 0 Å². The number of nitrogens with zero attached hydrogens (tertiary/aromatic N) is 1. The molecule has 1 aromatic rings. The first-order valence-corrected chi connectivity index (χ1v) is 8.84. The standard InChI is InChI=1S/C16H25N3O2S.ClH/c1-3-11(2)14(17)16(21)19-7-4-13(5-8-19)18-15(20)12-6-9-22-10-12;/h6,9-11,13-14H,3-5,7-8,17H2,1-2H3,(H,18,20);1H. The molecule has 1 aliphatic rings. The van der Waals surface area contributed by atoms with Crippen molar-refractivity contribution in [3.8, 4) is 0 Å². The lowest BCUT2D eigenvalue weighted by atomic mass is 9.97. The lowest BCUT2D eigenvalue weighted by Crippen LogP contribution is -2.52. The monoisotopic (exact) mass is 359 g/mol. The zero-order valence-electron chi connectivity index (χ0n) is 13.7. The van der Waals surface area contributed by atoms with E-state index in [4.69, 9.17) is 5.73 Å². The highest BCUT2D eigenvalue weighted by Gasteiger charge is 2.29. The van der Waals surface area contributed by atoms with E-state index < -0.39 is 6.04 Å². The number of carbonyl (C=O) groups is 2. The van der Waals surface area contributed by atoms with Crippen molar-refractivity contribution in [1.82, 2.24) is 10.2 Å². The molecule has 0 aromatic carbocycles. The van der Waals surface area contributed by atoms with Gasteiger partial charge in [-0.15, -0.1) is 12.4 Å².